The van der Waals surface area contributed by atoms with Crippen molar-refractivity contribution in [3.8, 4) is 0 Å². The first-order valence-electron chi connectivity index (χ1n) is 5.20. The van der Waals surface area contributed by atoms with Gasteiger partial charge in [0.2, 0.25) is 0 Å². The molecule has 2 aromatic rings. The Hall–Kier alpha value is -2.36. The fraction of sp³-hybridized carbons (Fsp3) is 0.0769. The van der Waals surface area contributed by atoms with Gasteiger partial charge in [-0.05, 0) is 31.2 Å². The number of carbonyl (C=O) groups is 1. The molecule has 0 radical (unpaired) electrons. The molecule has 17 heavy (non-hydrogen) atoms. The monoisotopic (exact) mass is 228 g/mol. The number of nitrogens with one attached hydrogen (secondary N) is 1. The summed E-state index contributed by atoms with van der Waals surface area (Å²) in [5, 5.41) is 12.1. The lowest BCUT2D eigenvalue weighted by Gasteiger charge is -2.09. The molecule has 0 unspecified atom stereocenters. The molecule has 0 saturated carbocycles. The summed E-state index contributed by atoms with van der Waals surface area (Å²) in [7, 11) is 0. The lowest BCUT2D eigenvalue weighted by molar-refractivity contribution is 0.0697. The maximum Gasteiger partial charge on any atom is 0.339 e. The zero-order valence-corrected chi connectivity index (χ0v) is 9.34. The number of hydrogen-bond acceptors (Lipinski definition) is 3. The Balaban J connectivity index is 2.37. The molecular formula is C13H12N2O2. The molecule has 0 saturated heterocycles. The van der Waals surface area contributed by atoms with E-state index in [1.807, 2.05) is 37.3 Å². The van der Waals surface area contributed by atoms with Gasteiger partial charge in [0.25, 0.3) is 0 Å². The topological polar surface area (TPSA) is 62.2 Å². The number of benzene rings is 1. The Bertz CT molecular complexity index is 538. The number of aromatic nitrogens is 1. The number of aryl methyl sites for hydroxylation is 1. The molecule has 0 atom stereocenters. The minimum absolute atomic E-state index is 0.166. The summed E-state index contributed by atoms with van der Waals surface area (Å²) in [6.07, 6.45) is 0. The summed E-state index contributed by atoms with van der Waals surface area (Å²) in [6.45, 7) is 1.82. The normalized spacial score (nSPS) is 9.94. The predicted octanol–water partition coefficient (Wildman–Crippen LogP) is 2.83. The second-order valence-corrected chi connectivity index (χ2v) is 3.64. The standard InChI is InChI=1S/C13H12N2O2/c1-9-7-8-11(13(16)17)12(14-9)15-10-5-3-2-4-6-10/h2-8H,1H3,(H,14,15)(H,16,17). The van der Waals surface area contributed by atoms with Gasteiger partial charge in [-0.25, -0.2) is 9.78 Å². The van der Waals surface area contributed by atoms with Crippen molar-refractivity contribution in [2.24, 2.45) is 0 Å². The van der Waals surface area contributed by atoms with Crippen LogP contribution in [0, 0.1) is 6.92 Å². The Morgan fingerprint density at radius 2 is 1.88 bits per heavy atom. The SMILES string of the molecule is Cc1ccc(C(=O)O)c(Nc2ccccc2)n1. The molecule has 0 aliphatic heterocycles. The van der Waals surface area contributed by atoms with Crippen LogP contribution in [0.2, 0.25) is 0 Å². The Labute approximate surface area is 98.9 Å². The molecule has 4 heteroatoms. The summed E-state index contributed by atoms with van der Waals surface area (Å²) in [5.74, 6) is -0.625. The van der Waals surface area contributed by atoms with Crippen LogP contribution >= 0.6 is 0 Å². The van der Waals surface area contributed by atoms with Crippen molar-refractivity contribution >= 4 is 17.5 Å². The quantitative estimate of drug-likeness (QED) is 0.847. The molecule has 2 rings (SSSR count). The first kappa shape index (κ1) is 11.1. The maximum atomic E-state index is 11.0. The zero-order chi connectivity index (χ0) is 12.3. The average Bonchev–Trinajstić information content (AvgIpc) is 2.30. The number of carboxylic acids is 1. The first-order valence-corrected chi connectivity index (χ1v) is 5.20. The van der Waals surface area contributed by atoms with Gasteiger partial charge in [0, 0.05) is 11.4 Å². The minimum Gasteiger partial charge on any atom is -0.478 e. The van der Waals surface area contributed by atoms with E-state index in [1.165, 1.54) is 0 Å². The first-order chi connectivity index (χ1) is 8.16. The summed E-state index contributed by atoms with van der Waals surface area (Å²) < 4.78 is 0. The molecule has 1 heterocycles. The van der Waals surface area contributed by atoms with Crippen molar-refractivity contribution in [2.75, 3.05) is 5.32 Å². The van der Waals surface area contributed by atoms with Crippen molar-refractivity contribution < 1.29 is 9.90 Å². The van der Waals surface area contributed by atoms with E-state index >= 15 is 0 Å². The van der Waals surface area contributed by atoms with E-state index in [2.05, 4.69) is 10.3 Å². The Morgan fingerprint density at radius 3 is 2.53 bits per heavy atom. The minimum atomic E-state index is -0.990. The highest BCUT2D eigenvalue weighted by Crippen LogP contribution is 2.19. The van der Waals surface area contributed by atoms with Crippen LogP contribution in [0.25, 0.3) is 0 Å². The van der Waals surface area contributed by atoms with Crippen LogP contribution in [-0.4, -0.2) is 16.1 Å². The van der Waals surface area contributed by atoms with Gasteiger partial charge >= 0.3 is 5.97 Å². The Morgan fingerprint density at radius 1 is 1.18 bits per heavy atom. The van der Waals surface area contributed by atoms with Crippen molar-refractivity contribution in [1.29, 1.82) is 0 Å². The number of pyridine rings is 1. The van der Waals surface area contributed by atoms with Crippen molar-refractivity contribution in [3.05, 3.63) is 53.7 Å². The fourth-order valence-electron chi connectivity index (χ4n) is 1.48. The molecule has 1 aromatic carbocycles. The average molecular weight is 228 g/mol. The van der Waals surface area contributed by atoms with E-state index in [0.717, 1.165) is 11.4 Å². The van der Waals surface area contributed by atoms with Crippen LogP contribution < -0.4 is 5.32 Å². The molecule has 0 amide bonds. The number of hydrogen-bond donors (Lipinski definition) is 2. The summed E-state index contributed by atoms with van der Waals surface area (Å²) >= 11 is 0. The van der Waals surface area contributed by atoms with Crippen LogP contribution in [-0.2, 0) is 0 Å². The highest BCUT2D eigenvalue weighted by Gasteiger charge is 2.11. The number of carboxylic acid groups (broad SMARTS) is 1. The molecule has 0 bridgehead atoms. The molecule has 4 nitrogen and oxygen atoms in total. The van der Waals surface area contributed by atoms with E-state index in [0.29, 0.717) is 5.82 Å². The van der Waals surface area contributed by atoms with Crippen LogP contribution in [0.15, 0.2) is 42.5 Å². The highest BCUT2D eigenvalue weighted by atomic mass is 16.4. The van der Waals surface area contributed by atoms with Crippen molar-refractivity contribution in [3.63, 3.8) is 0 Å². The van der Waals surface area contributed by atoms with Gasteiger partial charge in [0.05, 0.1) is 0 Å². The van der Waals surface area contributed by atoms with E-state index in [4.69, 9.17) is 5.11 Å². The van der Waals surface area contributed by atoms with Gasteiger partial charge < -0.3 is 10.4 Å². The molecule has 0 spiro atoms. The van der Waals surface area contributed by atoms with Gasteiger partial charge in [-0.15, -0.1) is 0 Å². The Kier molecular flexibility index (Phi) is 3.05. The second-order valence-electron chi connectivity index (χ2n) is 3.64. The number of para-hydroxylation sites is 1. The number of anilines is 2. The van der Waals surface area contributed by atoms with E-state index in [-0.39, 0.29) is 5.56 Å². The molecule has 2 N–H and O–H groups in total. The largest absolute Gasteiger partial charge is 0.478 e. The third kappa shape index (κ3) is 2.60. The lowest BCUT2D eigenvalue weighted by Crippen LogP contribution is -2.05. The molecule has 0 fully saturated rings. The van der Waals surface area contributed by atoms with Gasteiger partial charge in [-0.2, -0.15) is 0 Å². The lowest BCUT2D eigenvalue weighted by atomic mass is 10.2. The van der Waals surface area contributed by atoms with E-state index in [1.54, 1.807) is 12.1 Å². The van der Waals surface area contributed by atoms with Gasteiger partial charge in [0.1, 0.15) is 11.4 Å². The van der Waals surface area contributed by atoms with Crippen molar-refractivity contribution in [1.82, 2.24) is 4.98 Å². The molecule has 0 aliphatic rings. The molecular weight excluding hydrogens is 216 g/mol. The summed E-state index contributed by atoms with van der Waals surface area (Å²) in [4.78, 5) is 15.2. The number of rotatable bonds is 3. The van der Waals surface area contributed by atoms with Gasteiger partial charge in [0.15, 0.2) is 0 Å². The number of aromatic carboxylic acids is 1. The van der Waals surface area contributed by atoms with Crippen molar-refractivity contribution in [2.45, 2.75) is 6.92 Å². The van der Waals surface area contributed by atoms with Crippen LogP contribution in [0.5, 0.6) is 0 Å². The smallest absolute Gasteiger partial charge is 0.339 e. The molecule has 86 valence electrons. The van der Waals surface area contributed by atoms with Crippen LogP contribution in [0.1, 0.15) is 16.1 Å². The van der Waals surface area contributed by atoms with Crippen LogP contribution in [0.3, 0.4) is 0 Å². The maximum absolute atomic E-state index is 11.0. The summed E-state index contributed by atoms with van der Waals surface area (Å²) in [5.41, 5.74) is 1.75. The zero-order valence-electron chi connectivity index (χ0n) is 9.34. The van der Waals surface area contributed by atoms with Gasteiger partial charge in [-0.1, -0.05) is 18.2 Å². The fourth-order valence-corrected chi connectivity index (χ4v) is 1.48. The predicted molar refractivity (Wildman–Crippen MR) is 65.7 cm³/mol. The molecule has 1 aromatic heterocycles. The van der Waals surface area contributed by atoms with Crippen LogP contribution in [0.4, 0.5) is 11.5 Å². The second kappa shape index (κ2) is 4.65. The number of nitrogens with zero attached hydrogens (tertiary/aromatic N) is 1. The summed E-state index contributed by atoms with van der Waals surface area (Å²) in [6, 6.07) is 12.6. The van der Waals surface area contributed by atoms with E-state index in [9.17, 15) is 4.79 Å². The third-order valence-electron chi connectivity index (χ3n) is 2.30. The van der Waals surface area contributed by atoms with Gasteiger partial charge in [-0.3, -0.25) is 0 Å². The third-order valence-corrected chi connectivity index (χ3v) is 2.30. The van der Waals surface area contributed by atoms with E-state index < -0.39 is 5.97 Å². The highest BCUT2D eigenvalue weighted by molar-refractivity contribution is 5.93. The molecule has 0 aliphatic carbocycles.